The molecule has 0 aromatic heterocycles. The first-order chi connectivity index (χ1) is 28.6. The number of aliphatic carboxylic acids is 1. The molecular formula is C51H90NO7+. The first-order valence-electron chi connectivity index (χ1n) is 23.8. The van der Waals surface area contributed by atoms with Gasteiger partial charge in [0.25, 0.3) is 0 Å². The van der Waals surface area contributed by atoms with E-state index in [0.717, 1.165) is 77.0 Å². The number of hydrogen-bond acceptors (Lipinski definition) is 6. The molecule has 8 heteroatoms. The first kappa shape index (κ1) is 56.0. The van der Waals surface area contributed by atoms with Crippen molar-refractivity contribution in [1.29, 1.82) is 0 Å². The van der Waals surface area contributed by atoms with E-state index >= 15 is 0 Å². The molecule has 0 amide bonds. The smallest absolute Gasteiger partial charge is 0.362 e. The van der Waals surface area contributed by atoms with Crippen LogP contribution in [0.4, 0.5) is 0 Å². The van der Waals surface area contributed by atoms with Crippen molar-refractivity contribution in [3.8, 4) is 0 Å². The normalized spacial score (nSPS) is 13.4. The third-order valence-corrected chi connectivity index (χ3v) is 10.4. The van der Waals surface area contributed by atoms with Crippen LogP contribution < -0.4 is 0 Å². The molecule has 0 saturated heterocycles. The number of carboxylic acids is 1. The molecule has 0 rings (SSSR count). The number of likely N-dealkylation sites (N-methyl/N-ethyl adjacent to an activating group) is 1. The Morgan fingerprint density at radius 3 is 1.32 bits per heavy atom. The first-order valence-corrected chi connectivity index (χ1v) is 23.8. The summed E-state index contributed by atoms with van der Waals surface area (Å²) in [7, 11) is 5.53. The molecule has 0 radical (unpaired) electrons. The van der Waals surface area contributed by atoms with Crippen molar-refractivity contribution < 1.29 is 38.2 Å². The number of hydrogen-bond donors (Lipinski definition) is 1. The highest BCUT2D eigenvalue weighted by Crippen LogP contribution is 2.15. The number of esters is 2. The van der Waals surface area contributed by atoms with Gasteiger partial charge in [-0.05, 0) is 70.6 Å². The van der Waals surface area contributed by atoms with Gasteiger partial charge in [0, 0.05) is 19.3 Å². The molecule has 0 fully saturated rings. The van der Waals surface area contributed by atoms with Gasteiger partial charge >= 0.3 is 17.9 Å². The van der Waals surface area contributed by atoms with E-state index in [1.54, 1.807) is 0 Å². The minimum absolute atomic E-state index is 0.0562. The van der Waals surface area contributed by atoms with Crippen LogP contribution in [0, 0.1) is 0 Å². The van der Waals surface area contributed by atoms with Crippen LogP contribution in [-0.4, -0.2) is 80.6 Å². The van der Waals surface area contributed by atoms with Gasteiger partial charge < -0.3 is 23.8 Å². The van der Waals surface area contributed by atoms with Crippen LogP contribution in [0.25, 0.3) is 0 Å². The van der Waals surface area contributed by atoms with Crippen molar-refractivity contribution in [1.82, 2.24) is 0 Å². The summed E-state index contributed by atoms with van der Waals surface area (Å²) >= 11 is 0. The number of quaternary nitrogens is 1. The number of nitrogens with zero attached hydrogens (tertiary/aromatic N) is 1. The van der Waals surface area contributed by atoms with E-state index in [1.807, 2.05) is 21.1 Å². The third-order valence-electron chi connectivity index (χ3n) is 10.4. The molecule has 8 nitrogen and oxygen atoms in total. The zero-order valence-electron chi connectivity index (χ0n) is 38.7. The van der Waals surface area contributed by atoms with Gasteiger partial charge in [-0.2, -0.15) is 0 Å². The molecule has 0 aromatic carbocycles. The van der Waals surface area contributed by atoms with Crippen molar-refractivity contribution in [3.05, 3.63) is 60.8 Å². The van der Waals surface area contributed by atoms with E-state index in [1.165, 1.54) is 83.5 Å². The number of carboxylic acid groups (broad SMARTS) is 1. The minimum atomic E-state index is -0.878. The second kappa shape index (κ2) is 41.8. The Labute approximate surface area is 362 Å². The van der Waals surface area contributed by atoms with Crippen molar-refractivity contribution in [2.45, 2.75) is 206 Å². The van der Waals surface area contributed by atoms with Gasteiger partial charge in [-0.3, -0.25) is 9.59 Å². The quantitative estimate of drug-likeness (QED) is 0.0283. The molecule has 1 N–H and O–H groups in total. The summed E-state index contributed by atoms with van der Waals surface area (Å²) in [5.41, 5.74) is 0. The van der Waals surface area contributed by atoms with Gasteiger partial charge in [-0.15, -0.1) is 0 Å². The predicted molar refractivity (Wildman–Crippen MR) is 247 cm³/mol. The molecule has 2 atom stereocenters. The molecule has 0 spiro atoms. The lowest BCUT2D eigenvalue weighted by molar-refractivity contribution is -0.887. The molecule has 2 unspecified atom stereocenters. The maximum Gasteiger partial charge on any atom is 0.362 e. The van der Waals surface area contributed by atoms with Crippen LogP contribution in [0.1, 0.15) is 194 Å². The third kappa shape index (κ3) is 40.2. The molecule has 0 aliphatic carbocycles. The van der Waals surface area contributed by atoms with Crippen molar-refractivity contribution >= 4 is 17.9 Å². The fraction of sp³-hybridized carbons (Fsp3) is 0.745. The van der Waals surface area contributed by atoms with E-state index in [4.69, 9.17) is 14.2 Å². The number of carbonyl (C=O) groups is 3. The van der Waals surface area contributed by atoms with Gasteiger partial charge in [0.2, 0.25) is 0 Å². The second-order valence-corrected chi connectivity index (χ2v) is 17.0. The average Bonchev–Trinajstić information content (AvgIpc) is 3.19. The molecule has 59 heavy (non-hydrogen) atoms. The molecule has 0 aliphatic heterocycles. The Hall–Kier alpha value is -2.97. The summed E-state index contributed by atoms with van der Waals surface area (Å²) in [6.45, 7) is 4.52. The van der Waals surface area contributed by atoms with Crippen molar-refractivity contribution in [3.63, 3.8) is 0 Å². The summed E-state index contributed by atoms with van der Waals surface area (Å²) < 4.78 is 17.3. The van der Waals surface area contributed by atoms with Crippen LogP contribution >= 0.6 is 0 Å². The van der Waals surface area contributed by atoms with Gasteiger partial charge in [-0.1, -0.05) is 164 Å². The van der Waals surface area contributed by atoms with E-state index in [-0.39, 0.29) is 36.2 Å². The lowest BCUT2D eigenvalue weighted by Crippen LogP contribution is -2.50. The van der Waals surface area contributed by atoms with Gasteiger partial charge in [0.15, 0.2) is 12.1 Å². The molecule has 0 aromatic rings. The van der Waals surface area contributed by atoms with Gasteiger partial charge in [-0.25, -0.2) is 4.79 Å². The lowest BCUT2D eigenvalue weighted by Gasteiger charge is -2.31. The van der Waals surface area contributed by atoms with Crippen LogP contribution in [-0.2, 0) is 28.6 Å². The highest BCUT2D eigenvalue weighted by Gasteiger charge is 2.31. The Bertz CT molecular complexity index is 1150. The van der Waals surface area contributed by atoms with Gasteiger partial charge in [0.1, 0.15) is 6.61 Å². The number of carbonyl (C=O) groups excluding carboxylic acids is 2. The Balaban J connectivity index is 4.27. The molecule has 0 heterocycles. The van der Waals surface area contributed by atoms with E-state index in [0.29, 0.717) is 19.3 Å². The molecule has 0 saturated carbocycles. The molecular weight excluding hydrogens is 739 g/mol. The van der Waals surface area contributed by atoms with Crippen LogP contribution in [0.2, 0.25) is 0 Å². The number of rotatable bonds is 42. The largest absolute Gasteiger partial charge is 0.477 e. The minimum Gasteiger partial charge on any atom is -0.477 e. The summed E-state index contributed by atoms with van der Waals surface area (Å²) in [6, 6.07) is -0.618. The monoisotopic (exact) mass is 829 g/mol. The zero-order valence-corrected chi connectivity index (χ0v) is 38.7. The predicted octanol–water partition coefficient (Wildman–Crippen LogP) is 13.4. The summed E-state index contributed by atoms with van der Waals surface area (Å²) in [4.78, 5) is 37.1. The fourth-order valence-electron chi connectivity index (χ4n) is 6.79. The van der Waals surface area contributed by atoms with Crippen molar-refractivity contribution in [2.24, 2.45) is 0 Å². The average molecular weight is 829 g/mol. The van der Waals surface area contributed by atoms with E-state index in [2.05, 4.69) is 74.6 Å². The summed E-state index contributed by atoms with van der Waals surface area (Å²) in [5.74, 6) is -1.48. The van der Waals surface area contributed by atoms with Crippen LogP contribution in [0.15, 0.2) is 60.8 Å². The van der Waals surface area contributed by atoms with Crippen LogP contribution in [0.3, 0.4) is 0 Å². The SMILES string of the molecule is CC/C=C/C/C=C/C/C=C/CCCCCCCCCCCCCC(=O)OC(COCCC(C(=O)O)[N+](C)(C)C)COC(=O)CCCCCCCCC/C=C/C/C=C/CC. The highest BCUT2D eigenvalue weighted by molar-refractivity contribution is 5.72. The summed E-state index contributed by atoms with van der Waals surface area (Å²) in [5, 5.41) is 9.64. The molecule has 0 bridgehead atoms. The number of ether oxygens (including phenoxy) is 3. The Morgan fingerprint density at radius 2 is 0.898 bits per heavy atom. The van der Waals surface area contributed by atoms with E-state index < -0.39 is 18.1 Å². The fourth-order valence-corrected chi connectivity index (χ4v) is 6.79. The topological polar surface area (TPSA) is 99.1 Å². The second-order valence-electron chi connectivity index (χ2n) is 17.0. The highest BCUT2D eigenvalue weighted by atomic mass is 16.6. The molecule has 0 aliphatic rings. The maximum absolute atomic E-state index is 12.8. The number of unbranched alkanes of at least 4 members (excludes halogenated alkanes) is 18. The Kier molecular flexibility index (Phi) is 39.6. The zero-order chi connectivity index (χ0) is 43.5. The van der Waals surface area contributed by atoms with Gasteiger partial charge in [0.05, 0.1) is 34.4 Å². The van der Waals surface area contributed by atoms with E-state index in [9.17, 15) is 19.5 Å². The lowest BCUT2D eigenvalue weighted by atomic mass is 10.0. The molecule has 340 valence electrons. The maximum atomic E-state index is 12.8. The van der Waals surface area contributed by atoms with Crippen molar-refractivity contribution in [2.75, 3.05) is 41.0 Å². The summed E-state index contributed by atoms with van der Waals surface area (Å²) in [6.07, 6.45) is 51.2. The van der Waals surface area contributed by atoms with Crippen LogP contribution in [0.5, 0.6) is 0 Å². The number of allylic oxidation sites excluding steroid dienone is 10. The Morgan fingerprint density at radius 1 is 0.508 bits per heavy atom. The standard InChI is InChI=1S/C51H89NO7/c1-6-8-10-12-14-16-18-20-22-23-24-25-26-27-28-30-32-34-36-38-40-42-50(54)59-47(45-57-44-43-48(51(55)56)52(3,4)5)46-58-49(53)41-39-37-35-33-31-29-21-19-17-15-13-11-9-7-2/h8-11,14-17,20,22,47-48H,6-7,12-13,18-19,21,23-46H2,1-5H3/p+1/b10-8+,11-9+,16-14+,17-15+,22-20+.